The second kappa shape index (κ2) is 6.29. The number of rotatable bonds is 5. The lowest BCUT2D eigenvalue weighted by atomic mass is 10.0. The molecule has 0 amide bonds. The van der Waals surface area contributed by atoms with E-state index in [0.29, 0.717) is 6.04 Å². The van der Waals surface area contributed by atoms with Crippen LogP contribution in [0.25, 0.3) is 5.69 Å². The quantitative estimate of drug-likeness (QED) is 0.841. The lowest BCUT2D eigenvalue weighted by Crippen LogP contribution is -2.15. The summed E-state index contributed by atoms with van der Waals surface area (Å²) in [6.07, 6.45) is 2.50. The molecule has 0 saturated carbocycles. The summed E-state index contributed by atoms with van der Waals surface area (Å²) >= 11 is 0. The highest BCUT2D eigenvalue weighted by atomic mass is 16.5. The maximum atomic E-state index is 11.4. The van der Waals surface area contributed by atoms with E-state index >= 15 is 0 Å². The zero-order valence-corrected chi connectivity index (χ0v) is 11.8. The molecule has 0 bridgehead atoms. The average molecular weight is 274 g/mol. The fourth-order valence-corrected chi connectivity index (χ4v) is 2.06. The van der Waals surface area contributed by atoms with E-state index in [0.717, 1.165) is 12.1 Å². The second-order valence-corrected chi connectivity index (χ2v) is 4.35. The molecule has 0 radical (unpaired) electrons. The molecule has 1 heterocycles. The molecular weight excluding hydrogens is 256 g/mol. The Labute approximate surface area is 117 Å². The molecule has 0 aliphatic carbocycles. The number of benzene rings is 1. The minimum absolute atomic E-state index is 0.0542. The van der Waals surface area contributed by atoms with E-state index in [1.165, 1.54) is 19.0 Å². The smallest absolute Gasteiger partial charge is 0.377 e. The van der Waals surface area contributed by atoms with Crippen LogP contribution in [0.3, 0.4) is 0 Å². The van der Waals surface area contributed by atoms with Gasteiger partial charge >= 0.3 is 5.97 Å². The van der Waals surface area contributed by atoms with Gasteiger partial charge < -0.3 is 10.1 Å². The van der Waals surface area contributed by atoms with Crippen LogP contribution in [-0.2, 0) is 4.74 Å². The van der Waals surface area contributed by atoms with Crippen molar-refractivity contribution < 1.29 is 9.53 Å². The van der Waals surface area contributed by atoms with Crippen molar-refractivity contribution >= 4 is 5.97 Å². The molecule has 0 saturated heterocycles. The van der Waals surface area contributed by atoms with E-state index in [1.807, 2.05) is 25.2 Å². The van der Waals surface area contributed by atoms with Crippen LogP contribution in [0, 0.1) is 0 Å². The zero-order chi connectivity index (χ0) is 14.5. The SMILES string of the molecule is CCC(NC)c1cccc(-n2cnc(C(=O)OC)n2)c1. The predicted octanol–water partition coefficient (Wildman–Crippen LogP) is 1.72. The van der Waals surface area contributed by atoms with Gasteiger partial charge in [0, 0.05) is 6.04 Å². The van der Waals surface area contributed by atoms with E-state index in [9.17, 15) is 4.79 Å². The van der Waals surface area contributed by atoms with E-state index in [-0.39, 0.29) is 5.82 Å². The monoisotopic (exact) mass is 274 g/mol. The lowest BCUT2D eigenvalue weighted by molar-refractivity contribution is 0.0587. The minimum atomic E-state index is -0.540. The molecule has 0 fully saturated rings. The summed E-state index contributed by atoms with van der Waals surface area (Å²) < 4.78 is 6.16. The standard InChI is InChI=1S/C14H18N4O2/c1-4-12(15-2)10-6-5-7-11(8-10)18-9-16-13(17-18)14(19)20-3/h5-9,12,15H,4H2,1-3H3. The third kappa shape index (κ3) is 2.85. The molecule has 1 aromatic carbocycles. The van der Waals surface area contributed by atoms with Crippen LogP contribution in [-0.4, -0.2) is 34.9 Å². The highest BCUT2D eigenvalue weighted by Crippen LogP contribution is 2.19. The summed E-state index contributed by atoms with van der Waals surface area (Å²) in [6, 6.07) is 8.26. The fraction of sp³-hybridized carbons (Fsp3) is 0.357. The van der Waals surface area contributed by atoms with Gasteiger partial charge in [-0.25, -0.2) is 14.5 Å². The maximum absolute atomic E-state index is 11.4. The topological polar surface area (TPSA) is 69.0 Å². The molecule has 6 nitrogen and oxygen atoms in total. The molecule has 0 aliphatic rings. The van der Waals surface area contributed by atoms with Gasteiger partial charge in [0.05, 0.1) is 12.8 Å². The number of nitrogens with one attached hydrogen (secondary N) is 1. The van der Waals surface area contributed by atoms with Gasteiger partial charge in [0.25, 0.3) is 5.82 Å². The van der Waals surface area contributed by atoms with Crippen LogP contribution in [0.5, 0.6) is 0 Å². The molecule has 2 rings (SSSR count). The van der Waals surface area contributed by atoms with Crippen molar-refractivity contribution in [2.45, 2.75) is 19.4 Å². The Morgan fingerprint density at radius 3 is 2.95 bits per heavy atom. The van der Waals surface area contributed by atoms with Crippen LogP contribution >= 0.6 is 0 Å². The van der Waals surface area contributed by atoms with Crippen molar-refractivity contribution in [3.8, 4) is 5.69 Å². The Hall–Kier alpha value is -2.21. The van der Waals surface area contributed by atoms with Crippen LogP contribution in [0.15, 0.2) is 30.6 Å². The van der Waals surface area contributed by atoms with Crippen molar-refractivity contribution in [1.82, 2.24) is 20.1 Å². The summed E-state index contributed by atoms with van der Waals surface area (Å²) in [4.78, 5) is 15.3. The number of nitrogens with zero attached hydrogens (tertiary/aromatic N) is 3. The van der Waals surface area contributed by atoms with Gasteiger partial charge in [-0.2, -0.15) is 0 Å². The molecule has 6 heteroatoms. The predicted molar refractivity (Wildman–Crippen MR) is 74.8 cm³/mol. The van der Waals surface area contributed by atoms with Gasteiger partial charge in [0.15, 0.2) is 0 Å². The number of methoxy groups -OCH3 is 1. The first-order valence-electron chi connectivity index (χ1n) is 6.47. The van der Waals surface area contributed by atoms with E-state index in [2.05, 4.69) is 33.1 Å². The molecule has 20 heavy (non-hydrogen) atoms. The molecule has 2 aromatic rings. The Kier molecular flexibility index (Phi) is 4.47. The van der Waals surface area contributed by atoms with Gasteiger partial charge in [0.1, 0.15) is 6.33 Å². The zero-order valence-electron chi connectivity index (χ0n) is 11.8. The molecule has 1 N–H and O–H groups in total. The highest BCUT2D eigenvalue weighted by molar-refractivity contribution is 5.84. The number of carbonyl (C=O) groups excluding carboxylic acids is 1. The van der Waals surface area contributed by atoms with Crippen LogP contribution in [0.2, 0.25) is 0 Å². The Balaban J connectivity index is 2.31. The summed E-state index contributed by atoms with van der Waals surface area (Å²) in [5.74, 6) is -0.486. The summed E-state index contributed by atoms with van der Waals surface area (Å²) in [7, 11) is 3.24. The van der Waals surface area contributed by atoms with Crippen molar-refractivity contribution in [2.75, 3.05) is 14.2 Å². The average Bonchev–Trinajstić information content (AvgIpc) is 2.98. The van der Waals surface area contributed by atoms with Gasteiger partial charge in [-0.05, 0) is 31.2 Å². The Morgan fingerprint density at radius 2 is 2.30 bits per heavy atom. The van der Waals surface area contributed by atoms with Crippen LogP contribution in [0.1, 0.15) is 35.6 Å². The number of esters is 1. The van der Waals surface area contributed by atoms with Gasteiger partial charge in [-0.3, -0.25) is 0 Å². The first-order valence-corrected chi connectivity index (χ1v) is 6.47. The summed E-state index contributed by atoms with van der Waals surface area (Å²) in [5, 5.41) is 7.37. The highest BCUT2D eigenvalue weighted by Gasteiger charge is 2.13. The molecule has 0 aliphatic heterocycles. The number of hydrogen-bond acceptors (Lipinski definition) is 5. The van der Waals surface area contributed by atoms with Crippen LogP contribution < -0.4 is 5.32 Å². The van der Waals surface area contributed by atoms with Gasteiger partial charge in [-0.15, -0.1) is 5.10 Å². The van der Waals surface area contributed by atoms with E-state index in [1.54, 1.807) is 4.68 Å². The largest absolute Gasteiger partial charge is 0.463 e. The molecule has 106 valence electrons. The van der Waals surface area contributed by atoms with E-state index in [4.69, 9.17) is 0 Å². The maximum Gasteiger partial charge on any atom is 0.377 e. The van der Waals surface area contributed by atoms with Crippen molar-refractivity contribution in [3.63, 3.8) is 0 Å². The number of carbonyl (C=O) groups is 1. The first-order chi connectivity index (χ1) is 9.69. The van der Waals surface area contributed by atoms with Crippen LogP contribution in [0.4, 0.5) is 0 Å². The Morgan fingerprint density at radius 1 is 1.50 bits per heavy atom. The normalized spacial score (nSPS) is 12.2. The second-order valence-electron chi connectivity index (χ2n) is 4.35. The summed E-state index contributed by atoms with van der Waals surface area (Å²) in [6.45, 7) is 2.12. The third-order valence-corrected chi connectivity index (χ3v) is 3.15. The summed E-state index contributed by atoms with van der Waals surface area (Å²) in [5.41, 5.74) is 2.03. The minimum Gasteiger partial charge on any atom is -0.463 e. The fourth-order valence-electron chi connectivity index (χ4n) is 2.06. The lowest BCUT2D eigenvalue weighted by Gasteiger charge is -2.15. The molecular formula is C14H18N4O2. The molecule has 1 unspecified atom stereocenters. The Bertz CT molecular complexity index is 590. The van der Waals surface area contributed by atoms with Gasteiger partial charge in [0.2, 0.25) is 0 Å². The van der Waals surface area contributed by atoms with E-state index < -0.39 is 5.97 Å². The number of hydrogen-bond donors (Lipinski definition) is 1. The molecule has 1 aromatic heterocycles. The first kappa shape index (κ1) is 14.2. The molecule has 1 atom stereocenters. The number of ether oxygens (including phenoxy) is 1. The third-order valence-electron chi connectivity index (χ3n) is 3.15. The van der Waals surface area contributed by atoms with Crippen molar-refractivity contribution in [2.24, 2.45) is 0 Å². The van der Waals surface area contributed by atoms with Gasteiger partial charge in [-0.1, -0.05) is 19.1 Å². The van der Waals surface area contributed by atoms with Crippen molar-refractivity contribution in [3.05, 3.63) is 42.0 Å². The number of aromatic nitrogens is 3. The van der Waals surface area contributed by atoms with Crippen molar-refractivity contribution in [1.29, 1.82) is 0 Å². The molecule has 0 spiro atoms.